The fourth-order valence-electron chi connectivity index (χ4n) is 1.39. The average molecular weight is 248 g/mol. The minimum absolute atomic E-state index is 0.233. The molecule has 0 radical (unpaired) electrons. The summed E-state index contributed by atoms with van der Waals surface area (Å²) < 4.78 is 10.6. The second kappa shape index (κ2) is 6.24. The molecule has 0 heterocycles. The Morgan fingerprint density at radius 2 is 2.06 bits per heavy atom. The first-order valence-corrected chi connectivity index (χ1v) is 6.04. The first-order valence-electron chi connectivity index (χ1n) is 6.04. The molecule has 3 nitrogen and oxygen atoms in total. The van der Waals surface area contributed by atoms with E-state index in [1.807, 2.05) is 45.0 Å². The van der Waals surface area contributed by atoms with E-state index < -0.39 is 0 Å². The maximum Gasteiger partial charge on any atom is 0.330 e. The van der Waals surface area contributed by atoms with Gasteiger partial charge in [-0.2, -0.15) is 0 Å². The van der Waals surface area contributed by atoms with Crippen LogP contribution in [0.2, 0.25) is 0 Å². The van der Waals surface area contributed by atoms with Gasteiger partial charge in [0.15, 0.2) is 0 Å². The molecule has 1 aromatic rings. The minimum Gasteiger partial charge on any atom is -0.488 e. The lowest BCUT2D eigenvalue weighted by molar-refractivity contribution is -0.137. The van der Waals surface area contributed by atoms with Crippen molar-refractivity contribution in [1.29, 1.82) is 0 Å². The summed E-state index contributed by atoms with van der Waals surface area (Å²) in [7, 11) is 0. The molecule has 0 saturated carbocycles. The quantitative estimate of drug-likeness (QED) is 0.605. The van der Waals surface area contributed by atoms with Gasteiger partial charge in [0.1, 0.15) is 11.4 Å². The highest BCUT2D eigenvalue weighted by molar-refractivity contribution is 5.87. The Bertz CT molecular complexity index is 428. The maximum atomic E-state index is 11.2. The zero-order chi connectivity index (χ0) is 13.6. The third-order valence-electron chi connectivity index (χ3n) is 1.98. The number of rotatable bonds is 4. The van der Waals surface area contributed by atoms with Crippen LogP contribution in [0.4, 0.5) is 0 Å². The highest BCUT2D eigenvalue weighted by Crippen LogP contribution is 2.19. The first kappa shape index (κ1) is 14.3. The molecule has 0 atom stereocenters. The third kappa shape index (κ3) is 5.53. The largest absolute Gasteiger partial charge is 0.488 e. The van der Waals surface area contributed by atoms with Crippen LogP contribution in [0.3, 0.4) is 0 Å². The molecule has 0 unspecified atom stereocenters. The summed E-state index contributed by atoms with van der Waals surface area (Å²) in [6, 6.07) is 7.59. The summed E-state index contributed by atoms with van der Waals surface area (Å²) in [5, 5.41) is 0. The third-order valence-corrected chi connectivity index (χ3v) is 1.98. The fourth-order valence-corrected chi connectivity index (χ4v) is 1.39. The molecule has 98 valence electrons. The van der Waals surface area contributed by atoms with Crippen molar-refractivity contribution in [2.75, 3.05) is 6.61 Å². The normalized spacial score (nSPS) is 11.6. The second-order valence-electron chi connectivity index (χ2n) is 4.87. The monoisotopic (exact) mass is 248 g/mol. The van der Waals surface area contributed by atoms with Crippen LogP contribution in [0.25, 0.3) is 6.08 Å². The van der Waals surface area contributed by atoms with E-state index in [2.05, 4.69) is 0 Å². The van der Waals surface area contributed by atoms with Crippen LogP contribution in [0.1, 0.15) is 33.3 Å². The minimum atomic E-state index is -0.334. The molecule has 1 rings (SSSR count). The molecular formula is C15H20O3. The van der Waals surface area contributed by atoms with Gasteiger partial charge in [-0.25, -0.2) is 4.79 Å². The molecule has 0 aromatic heterocycles. The molecule has 1 aromatic carbocycles. The molecule has 0 saturated heterocycles. The summed E-state index contributed by atoms with van der Waals surface area (Å²) in [5.74, 6) is 0.452. The van der Waals surface area contributed by atoms with E-state index in [0.29, 0.717) is 6.61 Å². The molecule has 3 heteroatoms. The molecule has 0 aliphatic heterocycles. The number of carbonyl (C=O) groups is 1. The molecule has 0 aliphatic rings. The van der Waals surface area contributed by atoms with E-state index in [1.165, 1.54) is 6.08 Å². The summed E-state index contributed by atoms with van der Waals surface area (Å²) in [6.07, 6.45) is 3.13. The number of hydrogen-bond acceptors (Lipinski definition) is 3. The van der Waals surface area contributed by atoms with Crippen LogP contribution in [-0.4, -0.2) is 18.2 Å². The van der Waals surface area contributed by atoms with E-state index in [1.54, 1.807) is 13.0 Å². The number of ether oxygens (including phenoxy) is 2. The van der Waals surface area contributed by atoms with Gasteiger partial charge in [-0.05, 0) is 51.5 Å². The smallest absolute Gasteiger partial charge is 0.330 e. The predicted molar refractivity (Wildman–Crippen MR) is 72.5 cm³/mol. The summed E-state index contributed by atoms with van der Waals surface area (Å²) in [5.41, 5.74) is 0.675. The van der Waals surface area contributed by atoms with Crippen LogP contribution >= 0.6 is 0 Å². The van der Waals surface area contributed by atoms with Crippen LogP contribution in [-0.2, 0) is 9.53 Å². The number of benzene rings is 1. The van der Waals surface area contributed by atoms with E-state index >= 15 is 0 Å². The van der Waals surface area contributed by atoms with Gasteiger partial charge in [0, 0.05) is 6.08 Å². The van der Waals surface area contributed by atoms with Gasteiger partial charge in [-0.15, -0.1) is 0 Å². The van der Waals surface area contributed by atoms with Crippen molar-refractivity contribution in [3.8, 4) is 5.75 Å². The van der Waals surface area contributed by atoms with Crippen molar-refractivity contribution < 1.29 is 14.3 Å². The number of carbonyl (C=O) groups excluding carboxylic acids is 1. The van der Waals surface area contributed by atoms with Crippen molar-refractivity contribution in [1.82, 2.24) is 0 Å². The van der Waals surface area contributed by atoms with Crippen LogP contribution < -0.4 is 4.74 Å². The highest BCUT2D eigenvalue weighted by Gasteiger charge is 2.11. The lowest BCUT2D eigenvalue weighted by Crippen LogP contribution is -2.22. The van der Waals surface area contributed by atoms with E-state index in [-0.39, 0.29) is 11.6 Å². The lowest BCUT2D eigenvalue weighted by Gasteiger charge is -2.21. The van der Waals surface area contributed by atoms with Crippen LogP contribution in [0.15, 0.2) is 30.3 Å². The van der Waals surface area contributed by atoms with Gasteiger partial charge in [-0.3, -0.25) is 0 Å². The first-order chi connectivity index (χ1) is 8.40. The summed E-state index contributed by atoms with van der Waals surface area (Å²) in [4.78, 5) is 11.2. The molecular weight excluding hydrogens is 228 g/mol. The topological polar surface area (TPSA) is 35.5 Å². The Hall–Kier alpha value is -1.77. The van der Waals surface area contributed by atoms with Gasteiger partial charge in [0.25, 0.3) is 0 Å². The lowest BCUT2D eigenvalue weighted by atomic mass is 10.1. The second-order valence-corrected chi connectivity index (χ2v) is 4.87. The maximum absolute atomic E-state index is 11.2. The van der Waals surface area contributed by atoms with Gasteiger partial charge in [-0.1, -0.05) is 12.1 Å². The van der Waals surface area contributed by atoms with Gasteiger partial charge >= 0.3 is 5.97 Å². The Kier molecular flexibility index (Phi) is 4.95. The van der Waals surface area contributed by atoms with Crippen molar-refractivity contribution in [2.24, 2.45) is 0 Å². The Labute approximate surface area is 108 Å². The van der Waals surface area contributed by atoms with Gasteiger partial charge < -0.3 is 9.47 Å². The molecule has 0 amide bonds. The van der Waals surface area contributed by atoms with Crippen molar-refractivity contribution >= 4 is 12.0 Å². The standard InChI is InChI=1S/C15H20O3/c1-5-17-14(16)10-9-12-7-6-8-13(11-12)18-15(2,3)4/h6-11H,5H2,1-4H3. The molecule has 0 N–H and O–H groups in total. The average Bonchev–Trinajstić information content (AvgIpc) is 2.25. The Morgan fingerprint density at radius 3 is 2.67 bits per heavy atom. The fraction of sp³-hybridized carbons (Fsp3) is 0.400. The van der Waals surface area contributed by atoms with Crippen LogP contribution in [0, 0.1) is 0 Å². The molecule has 0 bridgehead atoms. The van der Waals surface area contributed by atoms with E-state index in [9.17, 15) is 4.79 Å². The Morgan fingerprint density at radius 1 is 1.33 bits per heavy atom. The number of esters is 1. The molecule has 0 spiro atoms. The van der Waals surface area contributed by atoms with Crippen LogP contribution in [0.5, 0.6) is 5.75 Å². The molecule has 0 aliphatic carbocycles. The predicted octanol–water partition coefficient (Wildman–Crippen LogP) is 3.44. The zero-order valence-corrected chi connectivity index (χ0v) is 11.4. The highest BCUT2D eigenvalue weighted by atomic mass is 16.5. The van der Waals surface area contributed by atoms with Crippen molar-refractivity contribution in [3.63, 3.8) is 0 Å². The summed E-state index contributed by atoms with van der Waals surface area (Å²) >= 11 is 0. The van der Waals surface area contributed by atoms with E-state index in [4.69, 9.17) is 9.47 Å². The van der Waals surface area contributed by atoms with Crippen molar-refractivity contribution in [3.05, 3.63) is 35.9 Å². The number of hydrogen-bond donors (Lipinski definition) is 0. The van der Waals surface area contributed by atoms with Crippen molar-refractivity contribution in [2.45, 2.75) is 33.3 Å². The SMILES string of the molecule is CCOC(=O)C=Cc1cccc(OC(C)(C)C)c1. The van der Waals surface area contributed by atoms with E-state index in [0.717, 1.165) is 11.3 Å². The van der Waals surface area contributed by atoms with Gasteiger partial charge in [0.2, 0.25) is 0 Å². The van der Waals surface area contributed by atoms with Gasteiger partial charge in [0.05, 0.1) is 6.61 Å². The molecule has 0 fully saturated rings. The summed E-state index contributed by atoms with van der Waals surface area (Å²) in [6.45, 7) is 8.15. The Balaban J connectivity index is 2.73. The zero-order valence-electron chi connectivity index (χ0n) is 11.4. The molecule has 18 heavy (non-hydrogen) atoms.